The minimum atomic E-state index is -0.142. The molecule has 0 saturated carbocycles. The van der Waals surface area contributed by atoms with Gasteiger partial charge in [0.1, 0.15) is 0 Å². The second-order valence-electron chi connectivity index (χ2n) is 8.00. The van der Waals surface area contributed by atoms with Crippen LogP contribution in [0.15, 0.2) is 70.6 Å². The summed E-state index contributed by atoms with van der Waals surface area (Å²) in [4.78, 5) is 30.9. The van der Waals surface area contributed by atoms with Crippen molar-refractivity contribution in [1.29, 1.82) is 0 Å². The molecule has 0 aliphatic heterocycles. The molecule has 4 rings (SSSR count). The van der Waals surface area contributed by atoms with Gasteiger partial charge < -0.3 is 5.32 Å². The summed E-state index contributed by atoms with van der Waals surface area (Å²) in [5, 5.41) is 4.02. The maximum absolute atomic E-state index is 13.4. The van der Waals surface area contributed by atoms with Crippen molar-refractivity contribution in [3.63, 3.8) is 0 Å². The third-order valence-corrected chi connectivity index (χ3v) is 6.28. The number of hydrogen-bond donors (Lipinski definition) is 1. The van der Waals surface area contributed by atoms with Crippen LogP contribution in [-0.2, 0) is 4.79 Å². The van der Waals surface area contributed by atoms with Crippen LogP contribution in [0.1, 0.15) is 22.3 Å². The maximum atomic E-state index is 13.4. The number of aryl methyl sites for hydroxylation is 4. The molecule has 0 bridgehead atoms. The third kappa shape index (κ3) is 4.46. The van der Waals surface area contributed by atoms with E-state index in [0.717, 1.165) is 33.6 Å². The minimum Gasteiger partial charge on any atom is -0.325 e. The molecule has 3 aromatic carbocycles. The molecule has 32 heavy (non-hydrogen) atoms. The molecule has 0 aliphatic rings. The van der Waals surface area contributed by atoms with Gasteiger partial charge in [0.25, 0.3) is 5.56 Å². The average molecular weight is 444 g/mol. The lowest BCUT2D eigenvalue weighted by molar-refractivity contribution is -0.113. The highest BCUT2D eigenvalue weighted by atomic mass is 32.2. The molecule has 162 valence electrons. The Morgan fingerprint density at radius 1 is 0.938 bits per heavy atom. The van der Waals surface area contributed by atoms with Crippen LogP contribution in [0.2, 0.25) is 0 Å². The van der Waals surface area contributed by atoms with Crippen molar-refractivity contribution in [3.05, 3.63) is 93.3 Å². The highest BCUT2D eigenvalue weighted by Gasteiger charge is 2.16. The summed E-state index contributed by atoms with van der Waals surface area (Å²) in [5.74, 6) is 0.0000428. The number of amides is 1. The number of nitrogens with zero attached hydrogens (tertiary/aromatic N) is 2. The van der Waals surface area contributed by atoms with Crippen LogP contribution >= 0.6 is 11.8 Å². The Morgan fingerprint density at radius 3 is 2.44 bits per heavy atom. The summed E-state index contributed by atoms with van der Waals surface area (Å²) in [6, 6.07) is 19.2. The van der Waals surface area contributed by atoms with E-state index in [-0.39, 0.29) is 17.2 Å². The fourth-order valence-corrected chi connectivity index (χ4v) is 4.46. The van der Waals surface area contributed by atoms with Gasteiger partial charge in [0.05, 0.1) is 22.3 Å². The van der Waals surface area contributed by atoms with Gasteiger partial charge in [-0.15, -0.1) is 0 Å². The molecule has 1 amide bonds. The average Bonchev–Trinajstić information content (AvgIpc) is 2.76. The molecule has 0 fully saturated rings. The zero-order valence-electron chi connectivity index (χ0n) is 18.6. The second-order valence-corrected chi connectivity index (χ2v) is 8.94. The van der Waals surface area contributed by atoms with Crippen LogP contribution in [0.4, 0.5) is 5.69 Å². The smallest absolute Gasteiger partial charge is 0.266 e. The van der Waals surface area contributed by atoms with Crippen molar-refractivity contribution >= 4 is 34.3 Å². The van der Waals surface area contributed by atoms with E-state index in [0.29, 0.717) is 16.1 Å². The Morgan fingerprint density at radius 2 is 1.66 bits per heavy atom. The normalized spacial score (nSPS) is 11.0. The number of benzene rings is 3. The van der Waals surface area contributed by atoms with Gasteiger partial charge >= 0.3 is 0 Å². The number of aromatic nitrogens is 2. The number of rotatable bonds is 5. The number of carbonyl (C=O) groups excluding carboxylic acids is 1. The summed E-state index contributed by atoms with van der Waals surface area (Å²) < 4.78 is 1.62. The fraction of sp³-hybridized carbons (Fsp3) is 0.192. The first-order valence-electron chi connectivity index (χ1n) is 10.4. The van der Waals surface area contributed by atoms with Gasteiger partial charge in [0.15, 0.2) is 5.16 Å². The summed E-state index contributed by atoms with van der Waals surface area (Å²) in [7, 11) is 0. The van der Waals surface area contributed by atoms with E-state index in [1.165, 1.54) is 11.8 Å². The van der Waals surface area contributed by atoms with Crippen molar-refractivity contribution in [2.45, 2.75) is 32.9 Å². The number of thioether (sulfide) groups is 1. The van der Waals surface area contributed by atoms with E-state index in [2.05, 4.69) is 5.32 Å². The lowest BCUT2D eigenvalue weighted by Crippen LogP contribution is -2.23. The Hall–Kier alpha value is -3.38. The molecule has 1 N–H and O–H groups in total. The second kappa shape index (κ2) is 9.01. The fourth-order valence-electron chi connectivity index (χ4n) is 3.65. The van der Waals surface area contributed by atoms with Crippen molar-refractivity contribution in [2.75, 3.05) is 11.1 Å². The Labute approximate surface area is 191 Å². The quantitative estimate of drug-likeness (QED) is 0.334. The minimum absolute atomic E-state index is 0.137. The number of fused-ring (bicyclic) bond motifs is 1. The van der Waals surface area contributed by atoms with E-state index in [9.17, 15) is 9.59 Å². The molecule has 0 spiro atoms. The Bertz CT molecular complexity index is 1390. The molecule has 5 nitrogen and oxygen atoms in total. The van der Waals surface area contributed by atoms with Gasteiger partial charge in [-0.25, -0.2) is 4.98 Å². The van der Waals surface area contributed by atoms with Crippen LogP contribution in [0.25, 0.3) is 16.6 Å². The summed E-state index contributed by atoms with van der Waals surface area (Å²) in [6.45, 7) is 7.95. The van der Waals surface area contributed by atoms with Gasteiger partial charge in [0, 0.05) is 5.69 Å². The first kappa shape index (κ1) is 21.8. The molecule has 4 aromatic rings. The first-order chi connectivity index (χ1) is 15.3. The van der Waals surface area contributed by atoms with E-state index in [1.807, 2.05) is 82.3 Å². The number of anilines is 1. The molecular formula is C26H25N3O2S. The number of hydrogen-bond acceptors (Lipinski definition) is 4. The molecular weight excluding hydrogens is 418 g/mol. The molecule has 1 aromatic heterocycles. The predicted octanol–water partition coefficient (Wildman–Crippen LogP) is 5.35. The van der Waals surface area contributed by atoms with E-state index >= 15 is 0 Å². The molecule has 1 heterocycles. The van der Waals surface area contributed by atoms with Crippen molar-refractivity contribution in [3.8, 4) is 5.69 Å². The predicted molar refractivity (Wildman–Crippen MR) is 132 cm³/mol. The highest BCUT2D eigenvalue weighted by Crippen LogP contribution is 2.24. The van der Waals surface area contributed by atoms with Crippen molar-refractivity contribution < 1.29 is 4.79 Å². The van der Waals surface area contributed by atoms with E-state index in [4.69, 9.17) is 4.98 Å². The van der Waals surface area contributed by atoms with Crippen LogP contribution in [0.3, 0.4) is 0 Å². The van der Waals surface area contributed by atoms with Gasteiger partial charge in [-0.1, -0.05) is 53.7 Å². The Balaban J connectivity index is 1.70. The molecule has 0 radical (unpaired) electrons. The third-order valence-electron chi connectivity index (χ3n) is 5.34. The van der Waals surface area contributed by atoms with Crippen molar-refractivity contribution in [1.82, 2.24) is 9.55 Å². The van der Waals surface area contributed by atoms with E-state index < -0.39 is 0 Å². The topological polar surface area (TPSA) is 64.0 Å². The molecule has 0 atom stereocenters. The van der Waals surface area contributed by atoms with Crippen LogP contribution < -0.4 is 10.9 Å². The monoisotopic (exact) mass is 443 g/mol. The zero-order chi connectivity index (χ0) is 22.8. The van der Waals surface area contributed by atoms with Gasteiger partial charge in [-0.2, -0.15) is 0 Å². The summed E-state index contributed by atoms with van der Waals surface area (Å²) in [6.07, 6.45) is 0. The van der Waals surface area contributed by atoms with Gasteiger partial charge in [0.2, 0.25) is 5.91 Å². The summed E-state index contributed by atoms with van der Waals surface area (Å²) >= 11 is 1.26. The zero-order valence-corrected chi connectivity index (χ0v) is 19.4. The van der Waals surface area contributed by atoms with Crippen LogP contribution in [0, 0.1) is 27.7 Å². The van der Waals surface area contributed by atoms with Gasteiger partial charge in [-0.05, 0) is 68.7 Å². The SMILES string of the molecule is Cc1ccc(NC(=O)CSc2nc3ccccc3c(=O)n2-c2cc(C)ccc2C)c(C)c1. The number of carbonyl (C=O) groups is 1. The van der Waals surface area contributed by atoms with Crippen LogP contribution in [-0.4, -0.2) is 21.2 Å². The lowest BCUT2D eigenvalue weighted by atomic mass is 10.1. The lowest BCUT2D eigenvalue weighted by Gasteiger charge is -2.16. The standard InChI is InChI=1S/C26H25N3O2S/c1-16-10-12-21(19(4)13-16)27-24(30)15-32-26-28-22-8-6-5-7-20(22)25(31)29(26)23-14-17(2)9-11-18(23)3/h5-14H,15H2,1-4H3,(H,27,30). The van der Waals surface area contributed by atoms with Gasteiger partial charge in [-0.3, -0.25) is 14.2 Å². The first-order valence-corrected chi connectivity index (χ1v) is 11.4. The van der Waals surface area contributed by atoms with E-state index in [1.54, 1.807) is 10.6 Å². The maximum Gasteiger partial charge on any atom is 0.266 e. The number of para-hydroxylation sites is 1. The molecule has 0 unspecified atom stereocenters. The van der Waals surface area contributed by atoms with Crippen LogP contribution in [0.5, 0.6) is 0 Å². The molecule has 0 saturated heterocycles. The largest absolute Gasteiger partial charge is 0.325 e. The molecule has 6 heteroatoms. The summed E-state index contributed by atoms with van der Waals surface area (Å²) in [5.41, 5.74) is 6.24. The number of nitrogens with one attached hydrogen (secondary N) is 1. The molecule has 0 aliphatic carbocycles. The van der Waals surface area contributed by atoms with Crippen molar-refractivity contribution in [2.24, 2.45) is 0 Å². The Kier molecular flexibility index (Phi) is 6.15. The highest BCUT2D eigenvalue weighted by molar-refractivity contribution is 7.99.